The molecule has 2 N–H and O–H groups in total. The number of hydrogen-bond acceptors (Lipinski definition) is 4. The molecular weight excluding hydrogens is 295 g/mol. The third kappa shape index (κ3) is 3.78. The van der Waals surface area contributed by atoms with Crippen molar-refractivity contribution in [3.63, 3.8) is 0 Å². The van der Waals surface area contributed by atoms with Gasteiger partial charge in [-0.1, -0.05) is 24.0 Å². The van der Waals surface area contributed by atoms with E-state index in [2.05, 4.69) is 21.5 Å². The van der Waals surface area contributed by atoms with Gasteiger partial charge in [0.1, 0.15) is 17.3 Å². The predicted octanol–water partition coefficient (Wildman–Crippen LogP) is 1.37. The van der Waals surface area contributed by atoms with Gasteiger partial charge in [-0.25, -0.2) is 12.8 Å². The first-order valence-electron chi connectivity index (χ1n) is 5.85. The molecule has 1 aromatic heterocycles. The number of anilines is 1. The second-order valence-corrected chi connectivity index (χ2v) is 5.63. The van der Waals surface area contributed by atoms with E-state index in [9.17, 15) is 12.8 Å². The van der Waals surface area contributed by atoms with Crippen molar-refractivity contribution < 1.29 is 17.9 Å². The van der Waals surface area contributed by atoms with Crippen molar-refractivity contribution in [1.82, 2.24) is 4.98 Å². The lowest BCUT2D eigenvalue weighted by Crippen LogP contribution is -2.14. The lowest BCUT2D eigenvalue weighted by molar-refractivity contribution is 0.350. The van der Waals surface area contributed by atoms with Gasteiger partial charge >= 0.3 is 0 Å². The largest absolute Gasteiger partial charge is 0.384 e. The highest BCUT2D eigenvalue weighted by Gasteiger charge is 2.16. The zero-order valence-electron chi connectivity index (χ0n) is 10.7. The fourth-order valence-corrected chi connectivity index (χ4v) is 2.61. The van der Waals surface area contributed by atoms with E-state index in [4.69, 9.17) is 5.11 Å². The van der Waals surface area contributed by atoms with Crippen molar-refractivity contribution in [2.24, 2.45) is 0 Å². The molecule has 0 unspecified atom stereocenters. The number of nitrogens with one attached hydrogen (secondary N) is 1. The Balaban J connectivity index is 2.38. The molecule has 7 heteroatoms. The molecule has 0 saturated heterocycles. The van der Waals surface area contributed by atoms with Gasteiger partial charge in [0, 0.05) is 11.8 Å². The fraction of sp³-hybridized carbons (Fsp3) is 0.0714. The van der Waals surface area contributed by atoms with E-state index in [1.54, 1.807) is 18.2 Å². The van der Waals surface area contributed by atoms with E-state index in [-0.39, 0.29) is 17.2 Å². The Morgan fingerprint density at radius 3 is 2.76 bits per heavy atom. The Hall–Kier alpha value is -2.43. The predicted molar refractivity (Wildman–Crippen MR) is 75.4 cm³/mol. The van der Waals surface area contributed by atoms with Gasteiger partial charge < -0.3 is 5.11 Å². The molecule has 0 aliphatic heterocycles. The number of hydrogen-bond donors (Lipinski definition) is 2. The fourth-order valence-electron chi connectivity index (χ4n) is 1.56. The van der Waals surface area contributed by atoms with Crippen LogP contribution in [0.1, 0.15) is 5.56 Å². The van der Waals surface area contributed by atoms with Crippen LogP contribution in [0.3, 0.4) is 0 Å². The zero-order chi connectivity index (χ0) is 15.3. The molecular formula is C14H11FN2O3S. The summed E-state index contributed by atoms with van der Waals surface area (Å²) >= 11 is 0. The van der Waals surface area contributed by atoms with Crippen LogP contribution in [0.15, 0.2) is 47.6 Å². The van der Waals surface area contributed by atoms with Gasteiger partial charge in [-0.15, -0.1) is 0 Å². The molecule has 0 saturated carbocycles. The molecule has 0 amide bonds. The molecule has 0 aliphatic rings. The maximum absolute atomic E-state index is 13.1. The van der Waals surface area contributed by atoms with Gasteiger partial charge in [-0.3, -0.25) is 9.71 Å². The summed E-state index contributed by atoms with van der Waals surface area (Å²) in [6.07, 6.45) is 1.97. The molecule has 2 aromatic rings. The molecule has 0 atom stereocenters. The number of sulfonamides is 1. The van der Waals surface area contributed by atoms with E-state index >= 15 is 0 Å². The van der Waals surface area contributed by atoms with Crippen LogP contribution in [-0.2, 0) is 10.0 Å². The average Bonchev–Trinajstić information content (AvgIpc) is 2.46. The van der Waals surface area contributed by atoms with E-state index in [1.165, 1.54) is 6.07 Å². The summed E-state index contributed by atoms with van der Waals surface area (Å²) in [7, 11) is -3.97. The molecule has 1 aromatic carbocycles. The minimum atomic E-state index is -3.97. The number of aliphatic hydroxyl groups is 1. The van der Waals surface area contributed by atoms with Gasteiger partial charge in [-0.2, -0.15) is 0 Å². The van der Waals surface area contributed by atoms with Crippen LogP contribution >= 0.6 is 0 Å². The Morgan fingerprint density at radius 2 is 2.05 bits per heavy atom. The standard InChI is InChI=1S/C14H11FN2O3S/c15-12-8-13(10-16-9-12)21(19,20)17-14-6-2-1-4-11(14)5-3-7-18/h1-2,4,6,8-10,17-18H,7H2. The minimum Gasteiger partial charge on any atom is -0.384 e. The first kappa shape index (κ1) is 15.0. The van der Waals surface area contributed by atoms with Gasteiger partial charge in [0.15, 0.2) is 0 Å². The average molecular weight is 306 g/mol. The highest BCUT2D eigenvalue weighted by molar-refractivity contribution is 7.92. The maximum Gasteiger partial charge on any atom is 0.263 e. The lowest BCUT2D eigenvalue weighted by Gasteiger charge is -2.09. The molecule has 5 nitrogen and oxygen atoms in total. The first-order chi connectivity index (χ1) is 10.0. The highest BCUT2D eigenvalue weighted by Crippen LogP contribution is 2.19. The first-order valence-corrected chi connectivity index (χ1v) is 7.33. The third-order valence-electron chi connectivity index (χ3n) is 2.46. The smallest absolute Gasteiger partial charge is 0.263 e. The van der Waals surface area contributed by atoms with Crippen LogP contribution in [-0.4, -0.2) is 25.1 Å². The van der Waals surface area contributed by atoms with Crippen molar-refractivity contribution in [2.75, 3.05) is 11.3 Å². The van der Waals surface area contributed by atoms with E-state index in [1.807, 2.05) is 0 Å². The van der Waals surface area contributed by atoms with Crippen molar-refractivity contribution in [2.45, 2.75) is 4.90 Å². The summed E-state index contributed by atoms with van der Waals surface area (Å²) in [6.45, 7) is -0.338. The zero-order valence-corrected chi connectivity index (χ0v) is 11.6. The molecule has 0 spiro atoms. The van der Waals surface area contributed by atoms with Crippen molar-refractivity contribution in [1.29, 1.82) is 0 Å². The molecule has 0 bridgehead atoms. The summed E-state index contributed by atoms with van der Waals surface area (Å²) in [5.41, 5.74) is 0.641. The van der Waals surface area contributed by atoms with Crippen molar-refractivity contribution >= 4 is 15.7 Å². The Labute approximate surface area is 121 Å². The monoisotopic (exact) mass is 306 g/mol. The summed E-state index contributed by atoms with van der Waals surface area (Å²) in [4.78, 5) is 3.22. The highest BCUT2D eigenvalue weighted by atomic mass is 32.2. The topological polar surface area (TPSA) is 79.3 Å². The number of pyridine rings is 1. The summed E-state index contributed by atoms with van der Waals surface area (Å²) in [6, 6.07) is 7.31. The summed E-state index contributed by atoms with van der Waals surface area (Å²) in [5, 5.41) is 8.70. The molecule has 1 heterocycles. The third-order valence-corrected chi connectivity index (χ3v) is 3.80. The van der Waals surface area contributed by atoms with Crippen LogP contribution in [0.4, 0.5) is 10.1 Å². The van der Waals surface area contributed by atoms with Crippen LogP contribution in [0.2, 0.25) is 0 Å². The lowest BCUT2D eigenvalue weighted by atomic mass is 10.2. The summed E-state index contributed by atoms with van der Waals surface area (Å²) in [5.74, 6) is 4.33. The SMILES string of the molecule is O=S(=O)(Nc1ccccc1C#CCO)c1cncc(F)c1. The molecule has 0 radical (unpaired) electrons. The van der Waals surface area contributed by atoms with Crippen LogP contribution in [0.5, 0.6) is 0 Å². The molecule has 2 rings (SSSR count). The molecule has 21 heavy (non-hydrogen) atoms. The minimum absolute atomic E-state index is 0.239. The van der Waals surface area contributed by atoms with Crippen LogP contribution < -0.4 is 4.72 Å². The number of nitrogens with zero attached hydrogens (tertiary/aromatic N) is 1. The van der Waals surface area contributed by atoms with E-state index in [0.717, 1.165) is 18.5 Å². The van der Waals surface area contributed by atoms with Gasteiger partial charge in [0.25, 0.3) is 10.0 Å². The number of rotatable bonds is 3. The maximum atomic E-state index is 13.1. The number of aliphatic hydroxyl groups excluding tert-OH is 1. The van der Waals surface area contributed by atoms with Gasteiger partial charge in [0.2, 0.25) is 0 Å². The quantitative estimate of drug-likeness (QED) is 0.839. The molecule has 108 valence electrons. The summed E-state index contributed by atoms with van der Waals surface area (Å²) < 4.78 is 39.7. The van der Waals surface area contributed by atoms with Crippen LogP contribution in [0.25, 0.3) is 0 Å². The van der Waals surface area contributed by atoms with E-state index in [0.29, 0.717) is 5.56 Å². The normalized spacial score (nSPS) is 10.6. The van der Waals surface area contributed by atoms with Crippen molar-refractivity contribution in [3.05, 3.63) is 54.1 Å². The number of aromatic nitrogens is 1. The van der Waals surface area contributed by atoms with E-state index < -0.39 is 15.8 Å². The number of para-hydroxylation sites is 1. The number of benzene rings is 1. The van der Waals surface area contributed by atoms with Crippen molar-refractivity contribution in [3.8, 4) is 11.8 Å². The van der Waals surface area contributed by atoms with Gasteiger partial charge in [0.05, 0.1) is 11.9 Å². The molecule has 0 fully saturated rings. The Kier molecular flexibility index (Phi) is 4.52. The second-order valence-electron chi connectivity index (χ2n) is 3.95. The Bertz CT molecular complexity index is 810. The molecule has 0 aliphatic carbocycles. The Morgan fingerprint density at radius 1 is 1.29 bits per heavy atom. The van der Waals surface area contributed by atoms with Gasteiger partial charge in [-0.05, 0) is 18.2 Å². The van der Waals surface area contributed by atoms with Crippen LogP contribution in [0, 0.1) is 17.7 Å². The second kappa shape index (κ2) is 6.35. The number of halogens is 1.